The number of nitrogens with two attached hydrogens (primary N) is 1. The maximum Gasteiger partial charge on any atom is 0.244 e. The number of carbonyl (C=O) groups is 1. The number of hydrogen-bond donors (Lipinski definition) is 2. The van der Waals surface area contributed by atoms with Crippen molar-refractivity contribution >= 4 is 18.3 Å². The number of methoxy groups -OCH3 is 1. The molecule has 5 nitrogen and oxygen atoms in total. The molecule has 0 aliphatic rings. The van der Waals surface area contributed by atoms with Crippen LogP contribution in [0.3, 0.4) is 0 Å². The summed E-state index contributed by atoms with van der Waals surface area (Å²) < 4.78 is 5.29. The van der Waals surface area contributed by atoms with Gasteiger partial charge in [-0.2, -0.15) is 0 Å². The number of ether oxygens (including phenoxy) is 1. The fraction of sp³-hybridized carbons (Fsp3) is 0.350. The van der Waals surface area contributed by atoms with E-state index < -0.39 is 12.1 Å². The first-order valence-electron chi connectivity index (χ1n) is 8.39. The predicted molar refractivity (Wildman–Crippen MR) is 106 cm³/mol. The van der Waals surface area contributed by atoms with Crippen molar-refractivity contribution in [3.8, 4) is 5.75 Å². The first-order valence-corrected chi connectivity index (χ1v) is 8.39. The number of amides is 1. The van der Waals surface area contributed by atoms with E-state index in [0.717, 1.165) is 11.1 Å². The molecule has 2 unspecified atom stereocenters. The van der Waals surface area contributed by atoms with Crippen molar-refractivity contribution in [3.63, 3.8) is 0 Å². The zero-order valence-electron chi connectivity index (χ0n) is 15.4. The van der Waals surface area contributed by atoms with Crippen molar-refractivity contribution in [1.29, 1.82) is 0 Å². The molecule has 0 heterocycles. The van der Waals surface area contributed by atoms with E-state index in [1.807, 2.05) is 50.2 Å². The summed E-state index contributed by atoms with van der Waals surface area (Å²) in [6.07, 6.45) is -0.755. The lowest BCUT2D eigenvalue weighted by molar-refractivity contribution is -0.134. The summed E-state index contributed by atoms with van der Waals surface area (Å²) in [6, 6.07) is 14.0. The van der Waals surface area contributed by atoms with E-state index >= 15 is 0 Å². The SMILES string of the molecule is CCN(CC(O)c1ccc(C)cc1)C(=O)C(N)c1ccccc1OC.Cl. The van der Waals surface area contributed by atoms with Gasteiger partial charge < -0.3 is 20.5 Å². The van der Waals surface area contributed by atoms with Crippen molar-refractivity contribution in [3.05, 3.63) is 65.2 Å². The Bertz CT molecular complexity index is 706. The highest BCUT2D eigenvalue weighted by Crippen LogP contribution is 2.25. The van der Waals surface area contributed by atoms with Crippen molar-refractivity contribution in [2.24, 2.45) is 5.73 Å². The average Bonchev–Trinajstić information content (AvgIpc) is 2.65. The predicted octanol–water partition coefficient (Wildman–Crippen LogP) is 3.01. The van der Waals surface area contributed by atoms with Gasteiger partial charge in [0.05, 0.1) is 19.8 Å². The highest BCUT2D eigenvalue weighted by Gasteiger charge is 2.25. The van der Waals surface area contributed by atoms with Crippen LogP contribution in [0.15, 0.2) is 48.5 Å². The number of hydrogen-bond acceptors (Lipinski definition) is 4. The van der Waals surface area contributed by atoms with Crippen molar-refractivity contribution in [1.82, 2.24) is 4.90 Å². The Morgan fingerprint density at radius 3 is 2.38 bits per heavy atom. The molecule has 1 amide bonds. The third-order valence-electron chi connectivity index (χ3n) is 4.29. The Morgan fingerprint density at radius 2 is 1.81 bits per heavy atom. The van der Waals surface area contributed by atoms with Crippen molar-refractivity contribution in [2.75, 3.05) is 20.2 Å². The Morgan fingerprint density at radius 1 is 1.19 bits per heavy atom. The molecule has 0 bridgehead atoms. The molecular formula is C20H27ClN2O3. The quantitative estimate of drug-likeness (QED) is 0.776. The number of carbonyl (C=O) groups excluding carboxylic acids is 1. The zero-order valence-corrected chi connectivity index (χ0v) is 16.2. The summed E-state index contributed by atoms with van der Waals surface area (Å²) in [5, 5.41) is 10.5. The number of para-hydroxylation sites is 1. The lowest BCUT2D eigenvalue weighted by atomic mass is 10.0. The van der Waals surface area contributed by atoms with Crippen LogP contribution in [0.1, 0.15) is 35.8 Å². The highest BCUT2D eigenvalue weighted by atomic mass is 35.5. The minimum atomic E-state index is -0.832. The second kappa shape index (κ2) is 10.2. The Balaban J connectivity index is 0.00000338. The number of halogens is 1. The van der Waals surface area contributed by atoms with E-state index in [4.69, 9.17) is 10.5 Å². The van der Waals surface area contributed by atoms with Crippen LogP contribution in [0.5, 0.6) is 5.75 Å². The van der Waals surface area contributed by atoms with Crippen LogP contribution in [0.4, 0.5) is 0 Å². The van der Waals surface area contributed by atoms with Crippen LogP contribution in [0.25, 0.3) is 0 Å². The van der Waals surface area contributed by atoms with Gasteiger partial charge in [-0.1, -0.05) is 48.0 Å². The van der Waals surface area contributed by atoms with Crippen LogP contribution < -0.4 is 10.5 Å². The van der Waals surface area contributed by atoms with Gasteiger partial charge >= 0.3 is 0 Å². The van der Waals surface area contributed by atoms with Crippen LogP contribution in [0.2, 0.25) is 0 Å². The summed E-state index contributed by atoms with van der Waals surface area (Å²) in [7, 11) is 1.55. The Hall–Kier alpha value is -2.08. The first kappa shape index (κ1) is 22.0. The van der Waals surface area contributed by atoms with E-state index in [1.54, 1.807) is 24.1 Å². The maximum absolute atomic E-state index is 12.8. The largest absolute Gasteiger partial charge is 0.496 e. The third-order valence-corrected chi connectivity index (χ3v) is 4.29. The molecule has 0 fully saturated rings. The molecule has 6 heteroatoms. The number of nitrogens with zero attached hydrogens (tertiary/aromatic N) is 1. The average molecular weight is 379 g/mol. The number of likely N-dealkylation sites (N-methyl/N-ethyl adjacent to an activating group) is 1. The van der Waals surface area contributed by atoms with Gasteiger partial charge in [-0.25, -0.2) is 0 Å². The van der Waals surface area contributed by atoms with E-state index in [0.29, 0.717) is 17.9 Å². The van der Waals surface area contributed by atoms with Crippen LogP contribution in [0, 0.1) is 6.92 Å². The number of rotatable bonds is 7. The summed E-state index contributed by atoms with van der Waals surface area (Å²) in [5.41, 5.74) is 8.71. The molecule has 0 aliphatic heterocycles. The lowest BCUT2D eigenvalue weighted by Gasteiger charge is -2.27. The van der Waals surface area contributed by atoms with E-state index in [9.17, 15) is 9.90 Å². The number of aryl methyl sites for hydroxylation is 1. The van der Waals surface area contributed by atoms with Crippen molar-refractivity contribution < 1.29 is 14.6 Å². The van der Waals surface area contributed by atoms with Crippen LogP contribution in [-0.2, 0) is 4.79 Å². The molecule has 2 aromatic rings. The topological polar surface area (TPSA) is 75.8 Å². The molecule has 2 atom stereocenters. The monoisotopic (exact) mass is 378 g/mol. The van der Waals surface area contributed by atoms with Gasteiger partial charge in [0, 0.05) is 12.1 Å². The minimum absolute atomic E-state index is 0. The molecule has 3 N–H and O–H groups in total. The fourth-order valence-corrected chi connectivity index (χ4v) is 2.73. The van der Waals surface area contributed by atoms with Gasteiger partial charge in [-0.05, 0) is 25.5 Å². The molecule has 0 saturated carbocycles. The molecule has 0 spiro atoms. The molecule has 26 heavy (non-hydrogen) atoms. The molecule has 2 rings (SSSR count). The van der Waals surface area contributed by atoms with E-state index in [2.05, 4.69) is 0 Å². The standard InChI is InChI=1S/C20H26N2O3.ClH/c1-4-22(13-17(23)15-11-9-14(2)10-12-15)20(24)19(21)16-7-5-6-8-18(16)25-3;/h5-12,17,19,23H,4,13,21H2,1-3H3;1H. The molecular weight excluding hydrogens is 352 g/mol. The molecule has 0 radical (unpaired) electrons. The molecule has 0 aromatic heterocycles. The van der Waals surface area contributed by atoms with Gasteiger partial charge in [0.25, 0.3) is 0 Å². The Kier molecular flexibility index (Phi) is 8.58. The fourth-order valence-electron chi connectivity index (χ4n) is 2.73. The molecule has 142 valence electrons. The lowest BCUT2D eigenvalue weighted by Crippen LogP contribution is -2.40. The summed E-state index contributed by atoms with van der Waals surface area (Å²) in [4.78, 5) is 14.4. The summed E-state index contributed by atoms with van der Waals surface area (Å²) >= 11 is 0. The Labute approximate surface area is 161 Å². The normalized spacial score (nSPS) is 12.7. The minimum Gasteiger partial charge on any atom is -0.496 e. The number of aliphatic hydroxyl groups excluding tert-OH is 1. The number of benzene rings is 2. The molecule has 2 aromatic carbocycles. The van der Waals surface area contributed by atoms with Gasteiger partial charge in [0.2, 0.25) is 5.91 Å². The van der Waals surface area contributed by atoms with Crippen LogP contribution in [-0.4, -0.2) is 36.1 Å². The van der Waals surface area contributed by atoms with Crippen molar-refractivity contribution in [2.45, 2.75) is 26.0 Å². The molecule has 0 aliphatic carbocycles. The highest BCUT2D eigenvalue weighted by molar-refractivity contribution is 5.85. The zero-order chi connectivity index (χ0) is 18.4. The number of aliphatic hydroxyl groups is 1. The second-order valence-electron chi connectivity index (χ2n) is 6.02. The van der Waals surface area contributed by atoms with Gasteiger partial charge in [0.1, 0.15) is 11.8 Å². The maximum atomic E-state index is 12.8. The summed E-state index contributed by atoms with van der Waals surface area (Å²) in [5.74, 6) is 0.344. The second-order valence-corrected chi connectivity index (χ2v) is 6.02. The smallest absolute Gasteiger partial charge is 0.244 e. The van der Waals surface area contributed by atoms with Gasteiger partial charge in [-0.15, -0.1) is 12.4 Å². The summed E-state index contributed by atoms with van der Waals surface area (Å²) in [6.45, 7) is 4.52. The van der Waals surface area contributed by atoms with Crippen LogP contribution >= 0.6 is 12.4 Å². The third kappa shape index (κ3) is 5.21. The van der Waals surface area contributed by atoms with E-state index in [-0.39, 0.29) is 24.9 Å². The first-order chi connectivity index (χ1) is 12.0. The molecule has 0 saturated heterocycles. The van der Waals surface area contributed by atoms with Gasteiger partial charge in [-0.3, -0.25) is 4.79 Å². The van der Waals surface area contributed by atoms with Gasteiger partial charge in [0.15, 0.2) is 0 Å². The van der Waals surface area contributed by atoms with E-state index in [1.165, 1.54) is 0 Å².